The van der Waals surface area contributed by atoms with Gasteiger partial charge in [0.15, 0.2) is 0 Å². The van der Waals surface area contributed by atoms with Gasteiger partial charge in [-0.2, -0.15) is 0 Å². The average Bonchev–Trinajstić information content (AvgIpc) is 2.94. The molecule has 0 unspecified atom stereocenters. The van der Waals surface area contributed by atoms with Gasteiger partial charge in [-0.3, -0.25) is 13.9 Å². The van der Waals surface area contributed by atoms with Gasteiger partial charge in [-0.05, 0) is 69.7 Å². The number of ether oxygens (including phenoxy) is 2. The zero-order valence-electron chi connectivity index (χ0n) is 23.7. The van der Waals surface area contributed by atoms with E-state index in [1.165, 1.54) is 24.1 Å². The highest BCUT2D eigenvalue weighted by molar-refractivity contribution is 7.92. The smallest absolute Gasteiger partial charge is 0.264 e. The third kappa shape index (κ3) is 7.53. The number of anilines is 1. The van der Waals surface area contributed by atoms with Crippen molar-refractivity contribution in [2.45, 2.75) is 50.7 Å². The Kier molecular flexibility index (Phi) is 9.81. The lowest BCUT2D eigenvalue weighted by Crippen LogP contribution is -2.54. The van der Waals surface area contributed by atoms with Crippen LogP contribution in [0.1, 0.15) is 33.3 Å². The molecule has 0 bridgehead atoms. The highest BCUT2D eigenvalue weighted by Crippen LogP contribution is 2.32. The molecule has 0 saturated carbocycles. The predicted octanol–water partition coefficient (Wildman–Crippen LogP) is 4.23. The van der Waals surface area contributed by atoms with E-state index in [0.29, 0.717) is 5.75 Å². The van der Waals surface area contributed by atoms with Crippen molar-refractivity contribution in [3.8, 4) is 11.5 Å². The van der Waals surface area contributed by atoms with Crippen LogP contribution in [0.5, 0.6) is 11.5 Å². The van der Waals surface area contributed by atoms with Crippen molar-refractivity contribution in [3.05, 3.63) is 84.4 Å². The van der Waals surface area contributed by atoms with Gasteiger partial charge in [-0.1, -0.05) is 42.5 Å². The normalized spacial score (nSPS) is 12.2. The molecule has 2 amide bonds. The maximum Gasteiger partial charge on any atom is 0.264 e. The van der Waals surface area contributed by atoms with Crippen LogP contribution in [-0.2, 0) is 26.2 Å². The summed E-state index contributed by atoms with van der Waals surface area (Å²) in [5.41, 5.74) is 0.429. The number of carbonyl (C=O) groups is 2. The summed E-state index contributed by atoms with van der Waals surface area (Å²) in [4.78, 5) is 28.6. The molecule has 0 aromatic heterocycles. The summed E-state index contributed by atoms with van der Waals surface area (Å²) in [6.07, 6.45) is 0. The highest BCUT2D eigenvalue weighted by atomic mass is 32.2. The number of rotatable bonds is 11. The molecule has 0 aliphatic carbocycles. The summed E-state index contributed by atoms with van der Waals surface area (Å²) in [5, 5.41) is 2.91. The molecule has 0 saturated heterocycles. The minimum atomic E-state index is -4.18. The molecule has 214 valence electrons. The van der Waals surface area contributed by atoms with E-state index in [4.69, 9.17) is 9.47 Å². The van der Waals surface area contributed by atoms with Crippen molar-refractivity contribution in [1.82, 2.24) is 10.2 Å². The van der Waals surface area contributed by atoms with Crippen LogP contribution in [0.15, 0.2) is 83.8 Å². The van der Waals surface area contributed by atoms with Crippen LogP contribution in [0, 0.1) is 0 Å². The molecule has 0 radical (unpaired) electrons. The summed E-state index contributed by atoms with van der Waals surface area (Å²) in [6, 6.07) is 20.7. The van der Waals surface area contributed by atoms with Crippen molar-refractivity contribution in [2.75, 3.05) is 25.1 Å². The van der Waals surface area contributed by atoms with Gasteiger partial charge in [0.25, 0.3) is 10.0 Å². The first-order valence-corrected chi connectivity index (χ1v) is 14.3. The second-order valence-corrected chi connectivity index (χ2v) is 12.1. The molecule has 1 N–H and O–H groups in total. The molecule has 1 atom stereocenters. The largest absolute Gasteiger partial charge is 0.497 e. The maximum absolute atomic E-state index is 14.0. The Morgan fingerprint density at radius 3 is 2.05 bits per heavy atom. The molecule has 9 nitrogen and oxygen atoms in total. The zero-order valence-corrected chi connectivity index (χ0v) is 24.6. The molecule has 40 heavy (non-hydrogen) atoms. The van der Waals surface area contributed by atoms with E-state index in [2.05, 4.69) is 5.32 Å². The summed E-state index contributed by atoms with van der Waals surface area (Å²) in [6.45, 7) is 6.70. The van der Waals surface area contributed by atoms with Crippen LogP contribution in [0.3, 0.4) is 0 Å². The lowest BCUT2D eigenvalue weighted by Gasteiger charge is -2.33. The number of sulfonamides is 1. The molecule has 0 aliphatic rings. The first kappa shape index (κ1) is 30.5. The minimum Gasteiger partial charge on any atom is -0.497 e. The van der Waals surface area contributed by atoms with Crippen molar-refractivity contribution in [1.29, 1.82) is 0 Å². The summed E-state index contributed by atoms with van der Waals surface area (Å²) in [5.74, 6) is 0.0217. The van der Waals surface area contributed by atoms with Crippen LogP contribution in [0.4, 0.5) is 5.69 Å². The molecule has 0 fully saturated rings. The number of nitrogens with zero attached hydrogens (tertiary/aromatic N) is 2. The maximum atomic E-state index is 14.0. The number of para-hydroxylation sites is 2. The van der Waals surface area contributed by atoms with E-state index in [0.717, 1.165) is 9.87 Å². The second kappa shape index (κ2) is 12.9. The van der Waals surface area contributed by atoms with Crippen LogP contribution in [0.25, 0.3) is 0 Å². The number of hydrogen-bond donors (Lipinski definition) is 1. The minimum absolute atomic E-state index is 0.0222. The van der Waals surface area contributed by atoms with E-state index in [-0.39, 0.29) is 28.8 Å². The van der Waals surface area contributed by atoms with Crippen LogP contribution >= 0.6 is 0 Å². The SMILES string of the molecule is COc1ccc(CN(C(=O)CN(c2ccccc2OC)S(=O)(=O)c2ccccc2)[C@@H](C)C(=O)NC(C)(C)C)cc1. The Balaban J connectivity index is 2.05. The molecule has 3 aromatic carbocycles. The predicted molar refractivity (Wildman–Crippen MR) is 155 cm³/mol. The Bertz CT molecular complexity index is 1400. The van der Waals surface area contributed by atoms with Crippen LogP contribution < -0.4 is 19.1 Å². The number of amides is 2. The molecule has 0 heterocycles. The third-order valence-corrected chi connectivity index (χ3v) is 7.92. The van der Waals surface area contributed by atoms with Crippen molar-refractivity contribution >= 4 is 27.5 Å². The van der Waals surface area contributed by atoms with Gasteiger partial charge in [0.2, 0.25) is 11.8 Å². The molecule has 0 aliphatic heterocycles. The summed E-state index contributed by atoms with van der Waals surface area (Å²) < 4.78 is 39.5. The Hall–Kier alpha value is -4.05. The molecule has 0 spiro atoms. The quantitative estimate of drug-likeness (QED) is 0.372. The monoisotopic (exact) mass is 567 g/mol. The van der Waals surface area contributed by atoms with Crippen molar-refractivity contribution in [3.63, 3.8) is 0 Å². The highest BCUT2D eigenvalue weighted by Gasteiger charge is 2.34. The van der Waals surface area contributed by atoms with Gasteiger partial charge in [-0.15, -0.1) is 0 Å². The number of nitrogens with one attached hydrogen (secondary N) is 1. The van der Waals surface area contributed by atoms with Gasteiger partial charge >= 0.3 is 0 Å². The Labute approximate surface area is 236 Å². The molecular weight excluding hydrogens is 530 g/mol. The zero-order chi connectivity index (χ0) is 29.5. The lowest BCUT2D eigenvalue weighted by molar-refractivity contribution is -0.140. The van der Waals surface area contributed by atoms with Gasteiger partial charge in [0.05, 0.1) is 24.8 Å². The Morgan fingerprint density at radius 2 is 1.48 bits per heavy atom. The third-order valence-electron chi connectivity index (χ3n) is 6.14. The van der Waals surface area contributed by atoms with E-state index >= 15 is 0 Å². The van der Waals surface area contributed by atoms with Crippen LogP contribution in [-0.4, -0.2) is 57.5 Å². The average molecular weight is 568 g/mol. The first-order chi connectivity index (χ1) is 18.9. The van der Waals surface area contributed by atoms with Crippen LogP contribution in [0.2, 0.25) is 0 Å². The summed E-state index contributed by atoms with van der Waals surface area (Å²) in [7, 11) is -1.19. The number of methoxy groups -OCH3 is 2. The topological polar surface area (TPSA) is 105 Å². The number of carbonyl (C=O) groups excluding carboxylic acids is 2. The van der Waals surface area contributed by atoms with E-state index in [1.807, 2.05) is 20.8 Å². The van der Waals surface area contributed by atoms with E-state index < -0.39 is 34.1 Å². The number of benzene rings is 3. The standard InChI is InChI=1S/C30H37N3O6S/c1-22(29(35)31-30(2,3)4)32(20-23-16-18-24(38-5)19-17-23)28(34)21-33(26-14-10-11-15-27(26)39-6)40(36,37)25-12-8-7-9-13-25/h7-19,22H,20-21H2,1-6H3,(H,31,35)/t22-/m0/s1. The van der Waals surface area contributed by atoms with Gasteiger partial charge in [0, 0.05) is 12.1 Å². The summed E-state index contributed by atoms with van der Waals surface area (Å²) >= 11 is 0. The number of hydrogen-bond acceptors (Lipinski definition) is 6. The fraction of sp³-hybridized carbons (Fsp3) is 0.333. The lowest BCUT2D eigenvalue weighted by atomic mass is 10.1. The van der Waals surface area contributed by atoms with Gasteiger partial charge in [0.1, 0.15) is 24.1 Å². The fourth-order valence-electron chi connectivity index (χ4n) is 4.05. The first-order valence-electron chi connectivity index (χ1n) is 12.8. The van der Waals surface area contributed by atoms with Crippen molar-refractivity contribution in [2.24, 2.45) is 0 Å². The fourth-order valence-corrected chi connectivity index (χ4v) is 5.50. The molecule has 3 aromatic rings. The van der Waals surface area contributed by atoms with Gasteiger partial charge < -0.3 is 19.7 Å². The van der Waals surface area contributed by atoms with Crippen molar-refractivity contribution < 1.29 is 27.5 Å². The molecule has 10 heteroatoms. The molecule has 3 rings (SSSR count). The Morgan fingerprint density at radius 1 is 0.875 bits per heavy atom. The van der Waals surface area contributed by atoms with E-state index in [9.17, 15) is 18.0 Å². The van der Waals surface area contributed by atoms with E-state index in [1.54, 1.807) is 80.8 Å². The second-order valence-electron chi connectivity index (χ2n) is 10.3. The molecular formula is C30H37N3O6S. The van der Waals surface area contributed by atoms with Gasteiger partial charge in [-0.25, -0.2) is 8.42 Å².